The fourth-order valence-electron chi connectivity index (χ4n) is 2.68. The van der Waals surface area contributed by atoms with Gasteiger partial charge in [0, 0.05) is 12.4 Å². The number of hydrogen-bond acceptors (Lipinski definition) is 3. The molecule has 0 amide bonds. The third-order valence-corrected chi connectivity index (χ3v) is 3.71. The summed E-state index contributed by atoms with van der Waals surface area (Å²) >= 11 is 0. The molecule has 0 aliphatic heterocycles. The van der Waals surface area contributed by atoms with Gasteiger partial charge in [0.15, 0.2) is 0 Å². The Hall–Kier alpha value is -3.15. The SMILES string of the molecule is O=c1c2nc3ccccc3n2ccn1-c1ccccc1OCF. The van der Waals surface area contributed by atoms with Crippen molar-refractivity contribution in [3.63, 3.8) is 0 Å². The smallest absolute Gasteiger partial charge is 0.298 e. The van der Waals surface area contributed by atoms with Crippen LogP contribution in [-0.4, -0.2) is 20.8 Å². The van der Waals surface area contributed by atoms with Crippen molar-refractivity contribution in [3.05, 3.63) is 71.3 Å². The van der Waals surface area contributed by atoms with Gasteiger partial charge in [-0.15, -0.1) is 0 Å². The number of nitrogens with zero attached hydrogens (tertiary/aromatic N) is 3. The summed E-state index contributed by atoms with van der Waals surface area (Å²) in [7, 11) is 0. The molecule has 5 nitrogen and oxygen atoms in total. The quantitative estimate of drug-likeness (QED) is 0.584. The average Bonchev–Trinajstić information content (AvgIpc) is 2.96. The number of aromatic nitrogens is 3. The molecule has 2 aromatic heterocycles. The summed E-state index contributed by atoms with van der Waals surface area (Å²) in [5.41, 5.74) is 2.10. The molecular weight excluding hydrogens is 297 g/mol. The number of halogens is 1. The Bertz CT molecular complexity index is 1070. The van der Waals surface area contributed by atoms with Gasteiger partial charge in [0.1, 0.15) is 5.75 Å². The van der Waals surface area contributed by atoms with Crippen molar-refractivity contribution in [2.45, 2.75) is 0 Å². The van der Waals surface area contributed by atoms with Gasteiger partial charge in [0.2, 0.25) is 12.5 Å². The van der Waals surface area contributed by atoms with E-state index in [9.17, 15) is 9.18 Å². The molecule has 23 heavy (non-hydrogen) atoms. The molecule has 0 atom stereocenters. The lowest BCUT2D eigenvalue weighted by Crippen LogP contribution is -2.20. The van der Waals surface area contributed by atoms with E-state index in [2.05, 4.69) is 4.98 Å². The van der Waals surface area contributed by atoms with Crippen molar-refractivity contribution < 1.29 is 9.13 Å². The lowest BCUT2D eigenvalue weighted by Gasteiger charge is -2.11. The highest BCUT2D eigenvalue weighted by molar-refractivity contribution is 5.80. The van der Waals surface area contributed by atoms with E-state index in [1.54, 1.807) is 41.1 Å². The van der Waals surface area contributed by atoms with Crippen molar-refractivity contribution in [1.29, 1.82) is 0 Å². The highest BCUT2D eigenvalue weighted by Gasteiger charge is 2.12. The molecule has 0 bridgehead atoms. The normalized spacial score (nSPS) is 11.2. The molecule has 2 heterocycles. The van der Waals surface area contributed by atoms with Gasteiger partial charge in [-0.3, -0.25) is 13.8 Å². The van der Waals surface area contributed by atoms with Crippen LogP contribution in [0.3, 0.4) is 0 Å². The molecule has 114 valence electrons. The molecule has 2 aromatic carbocycles. The summed E-state index contributed by atoms with van der Waals surface area (Å²) < 4.78 is 20.7. The zero-order valence-corrected chi connectivity index (χ0v) is 12.0. The molecule has 0 N–H and O–H groups in total. The van der Waals surface area contributed by atoms with Crippen LogP contribution in [0.5, 0.6) is 5.75 Å². The average molecular weight is 309 g/mol. The number of ether oxygens (including phenoxy) is 1. The van der Waals surface area contributed by atoms with Crippen LogP contribution in [0.25, 0.3) is 22.4 Å². The molecule has 0 saturated carbocycles. The van der Waals surface area contributed by atoms with Crippen LogP contribution in [0, 0.1) is 0 Å². The van der Waals surface area contributed by atoms with E-state index in [4.69, 9.17) is 4.74 Å². The summed E-state index contributed by atoms with van der Waals surface area (Å²) in [5, 5.41) is 0. The van der Waals surface area contributed by atoms with Gasteiger partial charge in [-0.1, -0.05) is 24.3 Å². The Morgan fingerprint density at radius 2 is 1.83 bits per heavy atom. The van der Waals surface area contributed by atoms with Gasteiger partial charge in [0.25, 0.3) is 5.56 Å². The number of hydrogen-bond donors (Lipinski definition) is 0. The molecule has 0 aliphatic carbocycles. The Morgan fingerprint density at radius 1 is 1.04 bits per heavy atom. The number of rotatable bonds is 3. The maximum absolute atomic E-state index is 12.8. The van der Waals surface area contributed by atoms with Crippen LogP contribution in [0.4, 0.5) is 4.39 Å². The van der Waals surface area contributed by atoms with Gasteiger partial charge in [0.05, 0.1) is 16.7 Å². The number of fused-ring (bicyclic) bond motifs is 3. The second-order valence-corrected chi connectivity index (χ2v) is 4.99. The molecule has 0 spiro atoms. The van der Waals surface area contributed by atoms with Crippen LogP contribution in [0.15, 0.2) is 65.7 Å². The Kier molecular flexibility index (Phi) is 3.08. The predicted octanol–water partition coefficient (Wildman–Crippen LogP) is 2.94. The summed E-state index contributed by atoms with van der Waals surface area (Å²) in [5.74, 6) is 0.303. The highest BCUT2D eigenvalue weighted by atomic mass is 19.1. The van der Waals surface area contributed by atoms with Crippen molar-refractivity contribution in [2.24, 2.45) is 0 Å². The standard InChI is InChI=1S/C17H12FN3O2/c18-11-23-15-8-4-3-7-14(15)21-10-9-20-13-6-2-1-5-12(13)19-16(20)17(21)22/h1-10H,11H2. The first kappa shape index (κ1) is 13.5. The summed E-state index contributed by atoms with van der Waals surface area (Å²) in [6, 6.07) is 14.3. The van der Waals surface area contributed by atoms with E-state index in [1.165, 1.54) is 4.57 Å². The van der Waals surface area contributed by atoms with E-state index in [1.807, 2.05) is 24.3 Å². The third-order valence-electron chi connectivity index (χ3n) is 3.71. The van der Waals surface area contributed by atoms with Crippen LogP contribution in [0.1, 0.15) is 0 Å². The minimum Gasteiger partial charge on any atom is -0.461 e. The van der Waals surface area contributed by atoms with E-state index >= 15 is 0 Å². The summed E-state index contributed by atoms with van der Waals surface area (Å²) in [6.07, 6.45) is 3.39. The molecule has 0 fully saturated rings. The summed E-state index contributed by atoms with van der Waals surface area (Å²) in [4.78, 5) is 17.2. The highest BCUT2D eigenvalue weighted by Crippen LogP contribution is 2.22. The van der Waals surface area contributed by atoms with Crippen LogP contribution in [-0.2, 0) is 0 Å². The van der Waals surface area contributed by atoms with Crippen molar-refractivity contribution in [3.8, 4) is 11.4 Å². The van der Waals surface area contributed by atoms with Gasteiger partial charge < -0.3 is 4.74 Å². The molecule has 0 unspecified atom stereocenters. The van der Waals surface area contributed by atoms with Crippen LogP contribution >= 0.6 is 0 Å². The first-order chi connectivity index (χ1) is 11.3. The van der Waals surface area contributed by atoms with Crippen LogP contribution < -0.4 is 10.3 Å². The topological polar surface area (TPSA) is 48.5 Å². The molecule has 0 saturated heterocycles. The van der Waals surface area contributed by atoms with Gasteiger partial charge in [-0.25, -0.2) is 9.37 Å². The second-order valence-electron chi connectivity index (χ2n) is 4.99. The van der Waals surface area contributed by atoms with E-state index < -0.39 is 6.86 Å². The van der Waals surface area contributed by atoms with Crippen molar-refractivity contribution in [1.82, 2.24) is 14.0 Å². The number of alkyl halides is 1. The lowest BCUT2D eigenvalue weighted by molar-refractivity contribution is 0.191. The first-order valence-corrected chi connectivity index (χ1v) is 7.06. The molecule has 6 heteroatoms. The number of para-hydroxylation sites is 4. The van der Waals surface area contributed by atoms with E-state index in [-0.39, 0.29) is 5.56 Å². The predicted molar refractivity (Wildman–Crippen MR) is 84.9 cm³/mol. The van der Waals surface area contributed by atoms with Crippen molar-refractivity contribution in [2.75, 3.05) is 6.86 Å². The fourth-order valence-corrected chi connectivity index (χ4v) is 2.68. The molecular formula is C17H12FN3O2. The fraction of sp³-hybridized carbons (Fsp3) is 0.0588. The van der Waals surface area contributed by atoms with E-state index in [0.717, 1.165) is 11.0 Å². The Labute approximate surface area is 130 Å². The number of benzene rings is 2. The largest absolute Gasteiger partial charge is 0.461 e. The lowest BCUT2D eigenvalue weighted by atomic mass is 10.3. The monoisotopic (exact) mass is 309 g/mol. The Balaban J connectivity index is 2.01. The molecule has 4 aromatic rings. The number of imidazole rings is 1. The third kappa shape index (κ3) is 2.07. The van der Waals surface area contributed by atoms with Gasteiger partial charge in [-0.05, 0) is 24.3 Å². The van der Waals surface area contributed by atoms with Crippen molar-refractivity contribution >= 4 is 16.7 Å². The van der Waals surface area contributed by atoms with Gasteiger partial charge >= 0.3 is 0 Å². The molecule has 0 aliphatic rings. The van der Waals surface area contributed by atoms with E-state index in [0.29, 0.717) is 17.1 Å². The maximum Gasteiger partial charge on any atom is 0.298 e. The second kappa shape index (κ2) is 5.24. The minimum absolute atomic E-state index is 0.293. The molecule has 0 radical (unpaired) electrons. The Morgan fingerprint density at radius 3 is 2.70 bits per heavy atom. The minimum atomic E-state index is -0.957. The summed E-state index contributed by atoms with van der Waals surface area (Å²) in [6.45, 7) is -0.957. The zero-order valence-electron chi connectivity index (χ0n) is 12.0. The first-order valence-electron chi connectivity index (χ1n) is 7.06. The maximum atomic E-state index is 12.8. The van der Waals surface area contributed by atoms with Gasteiger partial charge in [-0.2, -0.15) is 0 Å². The van der Waals surface area contributed by atoms with Crippen LogP contribution in [0.2, 0.25) is 0 Å². The molecule has 4 rings (SSSR count). The zero-order chi connectivity index (χ0) is 15.8.